The quantitative estimate of drug-likeness (QED) is 0.440. The van der Waals surface area contributed by atoms with Gasteiger partial charge in [0.05, 0.1) is 19.5 Å². The van der Waals surface area contributed by atoms with Crippen molar-refractivity contribution in [2.24, 2.45) is 0 Å². The Balaban J connectivity index is 1.92. The van der Waals surface area contributed by atoms with Crippen LogP contribution in [0.2, 0.25) is 10.0 Å². The van der Waals surface area contributed by atoms with Gasteiger partial charge in [0.2, 0.25) is 0 Å². The summed E-state index contributed by atoms with van der Waals surface area (Å²) in [7, 11) is 0. The van der Waals surface area contributed by atoms with Crippen molar-refractivity contribution < 1.29 is 14.3 Å². The maximum atomic E-state index is 11.3. The molecule has 0 spiro atoms. The van der Waals surface area contributed by atoms with Crippen LogP contribution in [-0.4, -0.2) is 28.7 Å². The van der Waals surface area contributed by atoms with Gasteiger partial charge in [-0.15, -0.1) is 0 Å². The van der Waals surface area contributed by atoms with Gasteiger partial charge in [-0.25, -0.2) is 4.98 Å². The summed E-state index contributed by atoms with van der Waals surface area (Å²) in [6.07, 6.45) is 7.02. The molecule has 1 aromatic heterocycles. The van der Waals surface area contributed by atoms with Crippen molar-refractivity contribution in [3.8, 4) is 0 Å². The molecule has 1 heterocycles. The first-order valence-electron chi connectivity index (χ1n) is 8.28. The van der Waals surface area contributed by atoms with Crippen LogP contribution in [-0.2, 0) is 20.8 Å². The normalized spacial score (nSPS) is 12.1. The van der Waals surface area contributed by atoms with E-state index >= 15 is 0 Å². The molecular weight excluding hydrogens is 363 g/mol. The molecule has 1 atom stereocenters. The van der Waals surface area contributed by atoms with E-state index in [4.69, 9.17) is 32.7 Å². The van der Waals surface area contributed by atoms with E-state index in [0.29, 0.717) is 36.2 Å². The monoisotopic (exact) mass is 384 g/mol. The third kappa shape index (κ3) is 6.69. The lowest BCUT2D eigenvalue weighted by molar-refractivity contribution is -0.143. The highest BCUT2D eigenvalue weighted by atomic mass is 35.5. The molecule has 0 bridgehead atoms. The Kier molecular flexibility index (Phi) is 8.25. The van der Waals surface area contributed by atoms with Crippen LogP contribution in [0.4, 0.5) is 0 Å². The summed E-state index contributed by atoms with van der Waals surface area (Å²) in [5.41, 5.74) is 0.880. The number of ether oxygens (including phenoxy) is 2. The van der Waals surface area contributed by atoms with Crippen LogP contribution in [0.5, 0.6) is 0 Å². The van der Waals surface area contributed by atoms with Gasteiger partial charge < -0.3 is 14.0 Å². The minimum Gasteiger partial charge on any atom is -0.466 e. The maximum Gasteiger partial charge on any atom is 0.305 e. The summed E-state index contributed by atoms with van der Waals surface area (Å²) in [4.78, 5) is 15.4. The molecule has 2 rings (SSSR count). The summed E-state index contributed by atoms with van der Waals surface area (Å²) >= 11 is 12.3. The van der Waals surface area contributed by atoms with Gasteiger partial charge in [0, 0.05) is 41.0 Å². The highest BCUT2D eigenvalue weighted by Gasteiger charge is 2.16. The number of rotatable bonds is 10. The molecule has 5 nitrogen and oxygen atoms in total. The number of carbonyl (C=O) groups is 1. The minimum absolute atomic E-state index is 0.168. The fourth-order valence-electron chi connectivity index (χ4n) is 2.42. The Morgan fingerprint density at radius 3 is 2.84 bits per heavy atom. The first-order valence-corrected chi connectivity index (χ1v) is 9.03. The Labute approximate surface area is 157 Å². The van der Waals surface area contributed by atoms with Crippen LogP contribution in [0, 0.1) is 0 Å². The van der Waals surface area contributed by atoms with E-state index in [2.05, 4.69) is 4.98 Å². The van der Waals surface area contributed by atoms with Crippen LogP contribution < -0.4 is 0 Å². The largest absolute Gasteiger partial charge is 0.466 e. The molecule has 0 saturated carbocycles. The molecule has 25 heavy (non-hydrogen) atoms. The third-order valence-corrected chi connectivity index (χ3v) is 4.21. The lowest BCUT2D eigenvalue weighted by Gasteiger charge is -2.20. The van der Waals surface area contributed by atoms with Crippen molar-refractivity contribution in [3.63, 3.8) is 0 Å². The summed E-state index contributed by atoms with van der Waals surface area (Å²) < 4.78 is 12.9. The Morgan fingerprint density at radius 1 is 1.32 bits per heavy atom. The lowest BCUT2D eigenvalue weighted by Crippen LogP contribution is -2.13. The van der Waals surface area contributed by atoms with Crippen molar-refractivity contribution in [2.45, 2.75) is 38.8 Å². The molecule has 0 aliphatic rings. The average molecular weight is 385 g/mol. The van der Waals surface area contributed by atoms with Crippen LogP contribution >= 0.6 is 23.2 Å². The van der Waals surface area contributed by atoms with Crippen molar-refractivity contribution in [2.75, 3.05) is 13.2 Å². The predicted molar refractivity (Wildman–Crippen MR) is 97.9 cm³/mol. The van der Waals surface area contributed by atoms with Gasteiger partial charge in [-0.1, -0.05) is 29.3 Å². The van der Waals surface area contributed by atoms with Gasteiger partial charge in [0.1, 0.15) is 6.10 Å². The molecule has 1 unspecified atom stereocenters. The molecule has 0 radical (unpaired) electrons. The average Bonchev–Trinajstić information content (AvgIpc) is 3.07. The molecule has 2 aromatic rings. The van der Waals surface area contributed by atoms with E-state index in [-0.39, 0.29) is 12.1 Å². The van der Waals surface area contributed by atoms with E-state index in [0.717, 1.165) is 18.4 Å². The van der Waals surface area contributed by atoms with Gasteiger partial charge in [0.15, 0.2) is 0 Å². The number of benzene rings is 1. The third-order valence-electron chi connectivity index (χ3n) is 3.64. The van der Waals surface area contributed by atoms with Crippen LogP contribution in [0.15, 0.2) is 36.9 Å². The highest BCUT2D eigenvalue weighted by molar-refractivity contribution is 6.35. The predicted octanol–water partition coefficient (Wildman–Crippen LogP) is 4.68. The number of aromatic nitrogens is 2. The SMILES string of the molecule is CCOC(=O)CCCCOC(Cn1ccnc1)c1ccc(Cl)cc1Cl. The topological polar surface area (TPSA) is 53.4 Å². The number of imidazole rings is 1. The molecule has 0 aliphatic carbocycles. The van der Waals surface area contributed by atoms with Crippen molar-refractivity contribution in [1.29, 1.82) is 0 Å². The minimum atomic E-state index is -0.221. The fourth-order valence-corrected chi connectivity index (χ4v) is 2.95. The molecule has 136 valence electrons. The molecule has 0 fully saturated rings. The maximum absolute atomic E-state index is 11.3. The number of unbranched alkanes of at least 4 members (excludes halogenated alkanes) is 1. The van der Waals surface area contributed by atoms with Crippen LogP contribution in [0.1, 0.15) is 37.9 Å². The number of esters is 1. The summed E-state index contributed by atoms with van der Waals surface area (Å²) in [6, 6.07) is 5.39. The molecular formula is C18H22Cl2N2O3. The zero-order chi connectivity index (χ0) is 18.1. The van der Waals surface area contributed by atoms with Crippen LogP contribution in [0.3, 0.4) is 0 Å². The molecule has 0 amide bonds. The second kappa shape index (κ2) is 10.4. The lowest BCUT2D eigenvalue weighted by atomic mass is 10.1. The summed E-state index contributed by atoms with van der Waals surface area (Å²) in [5, 5.41) is 1.16. The van der Waals surface area contributed by atoms with Crippen LogP contribution in [0.25, 0.3) is 0 Å². The zero-order valence-corrected chi connectivity index (χ0v) is 15.7. The standard InChI is InChI=1S/C18H22Cl2N2O3/c1-2-24-18(23)5-3-4-10-25-17(12-22-9-8-21-13-22)15-7-6-14(19)11-16(15)20/h6-9,11,13,17H,2-5,10,12H2,1H3. The Morgan fingerprint density at radius 2 is 2.16 bits per heavy atom. The number of hydrogen-bond acceptors (Lipinski definition) is 4. The molecule has 0 saturated heterocycles. The van der Waals surface area contributed by atoms with E-state index in [1.807, 2.05) is 16.8 Å². The van der Waals surface area contributed by atoms with Crippen molar-refractivity contribution >= 4 is 29.2 Å². The summed E-state index contributed by atoms with van der Waals surface area (Å²) in [5.74, 6) is -0.168. The highest BCUT2D eigenvalue weighted by Crippen LogP contribution is 2.29. The number of hydrogen-bond donors (Lipinski definition) is 0. The Hall–Kier alpha value is -1.56. The first-order chi connectivity index (χ1) is 12.1. The summed E-state index contributed by atoms with van der Waals surface area (Å²) in [6.45, 7) is 3.34. The first kappa shape index (κ1) is 19.8. The second-order valence-electron chi connectivity index (χ2n) is 5.55. The number of nitrogens with zero attached hydrogens (tertiary/aromatic N) is 2. The number of halogens is 2. The van der Waals surface area contributed by atoms with E-state index in [9.17, 15) is 4.79 Å². The van der Waals surface area contributed by atoms with E-state index in [1.165, 1.54) is 0 Å². The van der Waals surface area contributed by atoms with Gasteiger partial charge in [0.25, 0.3) is 0 Å². The van der Waals surface area contributed by atoms with Gasteiger partial charge in [-0.05, 0) is 31.9 Å². The number of carbonyl (C=O) groups excluding carboxylic acids is 1. The van der Waals surface area contributed by atoms with E-state index in [1.54, 1.807) is 31.6 Å². The van der Waals surface area contributed by atoms with Gasteiger partial charge in [-0.3, -0.25) is 4.79 Å². The van der Waals surface area contributed by atoms with Gasteiger partial charge in [-0.2, -0.15) is 0 Å². The molecule has 7 heteroatoms. The van der Waals surface area contributed by atoms with Gasteiger partial charge >= 0.3 is 5.97 Å². The fraction of sp³-hybridized carbons (Fsp3) is 0.444. The second-order valence-corrected chi connectivity index (χ2v) is 6.39. The Bertz CT molecular complexity index is 662. The zero-order valence-electron chi connectivity index (χ0n) is 14.2. The van der Waals surface area contributed by atoms with E-state index < -0.39 is 0 Å². The van der Waals surface area contributed by atoms with Crippen molar-refractivity contribution in [1.82, 2.24) is 9.55 Å². The molecule has 0 aliphatic heterocycles. The smallest absolute Gasteiger partial charge is 0.305 e. The molecule has 0 N–H and O–H groups in total. The van der Waals surface area contributed by atoms with Crippen molar-refractivity contribution in [3.05, 3.63) is 52.5 Å². The molecule has 1 aromatic carbocycles.